The Hall–Kier alpha value is -2.41. The van der Waals surface area contributed by atoms with E-state index in [-0.39, 0.29) is 30.5 Å². The second kappa shape index (κ2) is 8.11. The summed E-state index contributed by atoms with van der Waals surface area (Å²) in [5, 5.41) is 1.95. The van der Waals surface area contributed by atoms with Gasteiger partial charge in [0.2, 0.25) is 5.91 Å². The van der Waals surface area contributed by atoms with Crippen molar-refractivity contribution in [3.8, 4) is 0 Å². The summed E-state index contributed by atoms with van der Waals surface area (Å²) in [6.07, 6.45) is 0. The second-order valence-corrected chi connectivity index (χ2v) is 6.74. The van der Waals surface area contributed by atoms with Crippen LogP contribution in [0.1, 0.15) is 57.8 Å². The lowest BCUT2D eigenvalue weighted by Crippen LogP contribution is -2.28. The highest BCUT2D eigenvalue weighted by Crippen LogP contribution is 2.23. The maximum Gasteiger partial charge on any atom is 0.355 e. The van der Waals surface area contributed by atoms with Crippen LogP contribution in [0.2, 0.25) is 0 Å². The number of ether oxygens (including phenoxy) is 1. The summed E-state index contributed by atoms with van der Waals surface area (Å²) in [6.45, 7) is 7.30. The SMILES string of the molecule is CCOC(=O)c1[nH]c(CN(Cc2cccs2)C(C)=O)c(C(C)=O)c1C. The van der Waals surface area contributed by atoms with Gasteiger partial charge in [-0.15, -0.1) is 11.3 Å². The number of hydrogen-bond donors (Lipinski definition) is 1. The fourth-order valence-electron chi connectivity index (χ4n) is 2.72. The maximum atomic E-state index is 12.1. The molecule has 1 amide bonds. The highest BCUT2D eigenvalue weighted by molar-refractivity contribution is 7.09. The van der Waals surface area contributed by atoms with E-state index in [1.54, 1.807) is 30.1 Å². The Morgan fingerprint density at radius 1 is 1.24 bits per heavy atom. The monoisotopic (exact) mass is 362 g/mol. The lowest BCUT2D eigenvalue weighted by atomic mass is 10.1. The van der Waals surface area contributed by atoms with Crippen LogP contribution in [-0.4, -0.2) is 34.2 Å². The quantitative estimate of drug-likeness (QED) is 0.605. The first-order valence-corrected chi connectivity index (χ1v) is 8.90. The van der Waals surface area contributed by atoms with Crippen LogP contribution >= 0.6 is 11.3 Å². The fraction of sp³-hybridized carbons (Fsp3) is 0.389. The molecule has 7 heteroatoms. The van der Waals surface area contributed by atoms with Gasteiger partial charge in [-0.25, -0.2) is 4.79 Å². The van der Waals surface area contributed by atoms with Crippen LogP contribution in [0.15, 0.2) is 17.5 Å². The fourth-order valence-corrected chi connectivity index (χ4v) is 3.44. The number of thiophene rings is 1. The molecule has 0 unspecified atom stereocenters. The predicted molar refractivity (Wildman–Crippen MR) is 95.7 cm³/mol. The van der Waals surface area contributed by atoms with E-state index in [0.29, 0.717) is 23.4 Å². The number of nitrogens with one attached hydrogen (secondary N) is 1. The van der Waals surface area contributed by atoms with Crippen molar-refractivity contribution in [1.82, 2.24) is 9.88 Å². The van der Waals surface area contributed by atoms with Crippen molar-refractivity contribution in [3.05, 3.63) is 44.9 Å². The average molecular weight is 362 g/mol. The van der Waals surface area contributed by atoms with Gasteiger partial charge in [0.1, 0.15) is 5.69 Å². The van der Waals surface area contributed by atoms with Crippen molar-refractivity contribution < 1.29 is 19.1 Å². The standard InChI is InChI=1S/C18H22N2O4S/c1-5-24-18(23)17-11(2)16(12(3)21)15(19-17)10-20(13(4)22)9-14-7-6-8-25-14/h6-8,19H,5,9-10H2,1-4H3. The Morgan fingerprint density at radius 2 is 1.96 bits per heavy atom. The van der Waals surface area contributed by atoms with Crippen LogP contribution < -0.4 is 0 Å². The van der Waals surface area contributed by atoms with Crippen molar-refractivity contribution in [2.75, 3.05) is 6.61 Å². The molecule has 0 aliphatic carbocycles. The Morgan fingerprint density at radius 3 is 2.48 bits per heavy atom. The van der Waals surface area contributed by atoms with E-state index in [1.165, 1.54) is 13.8 Å². The first-order chi connectivity index (χ1) is 11.8. The molecule has 0 aliphatic heterocycles. The molecule has 25 heavy (non-hydrogen) atoms. The summed E-state index contributed by atoms with van der Waals surface area (Å²) >= 11 is 1.56. The molecule has 2 rings (SSSR count). The van der Waals surface area contributed by atoms with E-state index < -0.39 is 5.97 Å². The molecule has 0 saturated carbocycles. The van der Waals surface area contributed by atoms with Crippen LogP contribution in [-0.2, 0) is 22.6 Å². The number of rotatable bonds is 7. The average Bonchev–Trinajstić information content (AvgIpc) is 3.14. The Kier molecular flexibility index (Phi) is 6.14. The summed E-state index contributed by atoms with van der Waals surface area (Å²) in [7, 11) is 0. The molecule has 0 spiro atoms. The van der Waals surface area contributed by atoms with Crippen molar-refractivity contribution in [2.45, 2.75) is 40.8 Å². The smallest absolute Gasteiger partial charge is 0.355 e. The van der Waals surface area contributed by atoms with E-state index in [1.807, 2.05) is 17.5 Å². The molecule has 2 aromatic heterocycles. The lowest BCUT2D eigenvalue weighted by molar-refractivity contribution is -0.130. The molecule has 2 heterocycles. The minimum Gasteiger partial charge on any atom is -0.461 e. The van der Waals surface area contributed by atoms with Gasteiger partial charge in [0.25, 0.3) is 0 Å². The Bertz CT molecular complexity index is 777. The third-order valence-electron chi connectivity index (χ3n) is 3.88. The third kappa shape index (κ3) is 4.36. The summed E-state index contributed by atoms with van der Waals surface area (Å²) in [6, 6.07) is 3.88. The minimum absolute atomic E-state index is 0.104. The number of ketones is 1. The summed E-state index contributed by atoms with van der Waals surface area (Å²) in [5.41, 5.74) is 1.82. The number of esters is 1. The molecule has 134 valence electrons. The van der Waals surface area contributed by atoms with Crippen molar-refractivity contribution in [3.63, 3.8) is 0 Å². The van der Waals surface area contributed by atoms with Gasteiger partial charge in [-0.2, -0.15) is 0 Å². The highest BCUT2D eigenvalue weighted by atomic mass is 32.1. The highest BCUT2D eigenvalue weighted by Gasteiger charge is 2.24. The molecule has 0 saturated heterocycles. The largest absolute Gasteiger partial charge is 0.461 e. The number of carbonyl (C=O) groups is 3. The van der Waals surface area contributed by atoms with E-state index >= 15 is 0 Å². The van der Waals surface area contributed by atoms with Gasteiger partial charge >= 0.3 is 5.97 Å². The molecule has 0 fully saturated rings. The summed E-state index contributed by atoms with van der Waals surface area (Å²) in [4.78, 5) is 41.9. The minimum atomic E-state index is -0.499. The van der Waals surface area contributed by atoms with Crippen molar-refractivity contribution in [1.29, 1.82) is 0 Å². The van der Waals surface area contributed by atoms with E-state index in [9.17, 15) is 14.4 Å². The van der Waals surface area contributed by atoms with E-state index in [4.69, 9.17) is 4.74 Å². The molecule has 0 radical (unpaired) electrons. The van der Waals surface area contributed by atoms with Gasteiger partial charge < -0.3 is 14.6 Å². The van der Waals surface area contributed by atoms with Gasteiger partial charge in [-0.3, -0.25) is 9.59 Å². The van der Waals surface area contributed by atoms with E-state index in [2.05, 4.69) is 4.98 Å². The van der Waals surface area contributed by atoms with Crippen molar-refractivity contribution >= 4 is 29.0 Å². The molecular weight excluding hydrogens is 340 g/mol. The zero-order valence-electron chi connectivity index (χ0n) is 14.8. The first kappa shape index (κ1) is 18.9. The molecule has 0 aliphatic rings. The van der Waals surface area contributed by atoms with Crippen LogP contribution in [0.5, 0.6) is 0 Å². The van der Waals surface area contributed by atoms with Gasteiger partial charge in [0.15, 0.2) is 5.78 Å². The van der Waals surface area contributed by atoms with Gasteiger partial charge in [0.05, 0.1) is 19.7 Å². The van der Waals surface area contributed by atoms with Gasteiger partial charge in [-0.05, 0) is 37.8 Å². The molecular formula is C18H22N2O4S. The Labute approximate surface area is 150 Å². The zero-order valence-corrected chi connectivity index (χ0v) is 15.7. The van der Waals surface area contributed by atoms with E-state index in [0.717, 1.165) is 4.88 Å². The second-order valence-electron chi connectivity index (χ2n) is 5.71. The lowest BCUT2D eigenvalue weighted by Gasteiger charge is -2.20. The van der Waals surface area contributed by atoms with Crippen LogP contribution in [0.25, 0.3) is 0 Å². The van der Waals surface area contributed by atoms with Crippen molar-refractivity contribution in [2.24, 2.45) is 0 Å². The topological polar surface area (TPSA) is 79.5 Å². The molecule has 0 aromatic carbocycles. The maximum absolute atomic E-state index is 12.1. The summed E-state index contributed by atoms with van der Waals surface area (Å²) < 4.78 is 5.03. The summed E-state index contributed by atoms with van der Waals surface area (Å²) in [5.74, 6) is -0.756. The number of nitrogens with zero attached hydrogens (tertiary/aromatic N) is 1. The molecule has 1 N–H and O–H groups in total. The number of Topliss-reactive ketones (excluding diaryl/α,β-unsaturated/α-hetero) is 1. The molecule has 2 aromatic rings. The van der Waals surface area contributed by atoms with Crippen LogP contribution in [0.4, 0.5) is 0 Å². The number of H-pyrrole nitrogens is 1. The molecule has 0 bridgehead atoms. The van der Waals surface area contributed by atoms with Crippen LogP contribution in [0.3, 0.4) is 0 Å². The Balaban J connectivity index is 2.35. The zero-order chi connectivity index (χ0) is 18.6. The molecule has 6 nitrogen and oxygen atoms in total. The first-order valence-electron chi connectivity index (χ1n) is 8.02. The normalized spacial score (nSPS) is 10.6. The van der Waals surface area contributed by atoms with Crippen LogP contribution in [0, 0.1) is 6.92 Å². The predicted octanol–water partition coefficient (Wildman–Crippen LogP) is 3.31. The third-order valence-corrected chi connectivity index (χ3v) is 4.74. The number of aromatic nitrogens is 1. The number of carbonyl (C=O) groups excluding carboxylic acids is 3. The van der Waals surface area contributed by atoms with Gasteiger partial charge in [0, 0.05) is 23.1 Å². The number of hydrogen-bond acceptors (Lipinski definition) is 5. The molecule has 0 atom stereocenters. The number of aromatic amines is 1. The van der Waals surface area contributed by atoms with Gasteiger partial charge in [-0.1, -0.05) is 6.07 Å². The number of amides is 1.